The van der Waals surface area contributed by atoms with Gasteiger partial charge in [-0.1, -0.05) is 43.5 Å². The van der Waals surface area contributed by atoms with Gasteiger partial charge in [0.25, 0.3) is 0 Å². The van der Waals surface area contributed by atoms with E-state index in [1.807, 2.05) is 24.3 Å². The fourth-order valence-electron chi connectivity index (χ4n) is 6.86. The Labute approximate surface area is 247 Å². The monoisotopic (exact) mass is 605 g/mol. The zero-order valence-corrected chi connectivity index (χ0v) is 25.1. The molecule has 2 aromatic rings. The first kappa shape index (κ1) is 30.4. The van der Waals surface area contributed by atoms with Crippen molar-refractivity contribution in [3.63, 3.8) is 0 Å². The van der Waals surface area contributed by atoms with Gasteiger partial charge in [-0.2, -0.15) is 4.31 Å². The number of halogens is 2. The van der Waals surface area contributed by atoms with Gasteiger partial charge in [0.2, 0.25) is 15.9 Å². The molecule has 1 amide bonds. The SMILES string of the molecule is C[C@H]1CC[C@H]([C@H](c2ccc(Cl)cc2)[C@H](N)C(=O)Nc2cncc(F)c2CC[C@H]2CN[C@@H]3CCCS(=O)(=O)N2C3)CC1. The Balaban J connectivity index is 1.32. The van der Waals surface area contributed by atoms with Gasteiger partial charge in [-0.15, -0.1) is 0 Å². The molecule has 5 rings (SSSR count). The van der Waals surface area contributed by atoms with Gasteiger partial charge in [0, 0.05) is 41.7 Å². The number of nitrogens with two attached hydrogens (primary N) is 1. The lowest BCUT2D eigenvalue weighted by Gasteiger charge is -2.37. The Bertz CT molecular complexity index is 1320. The molecule has 5 atom stereocenters. The number of nitrogens with zero attached hydrogens (tertiary/aromatic N) is 2. The summed E-state index contributed by atoms with van der Waals surface area (Å²) < 4.78 is 42.4. The third kappa shape index (κ3) is 7.10. The van der Waals surface area contributed by atoms with Gasteiger partial charge in [-0.05, 0) is 68.1 Å². The number of fused-ring (bicyclic) bond motifs is 2. The van der Waals surface area contributed by atoms with E-state index in [1.165, 1.54) is 6.20 Å². The van der Waals surface area contributed by atoms with Gasteiger partial charge in [0.1, 0.15) is 5.82 Å². The second-order valence-electron chi connectivity index (χ2n) is 12.1. The average Bonchev–Trinajstić information content (AvgIpc) is 3.06. The van der Waals surface area contributed by atoms with E-state index >= 15 is 4.39 Å². The quantitative estimate of drug-likeness (QED) is 0.409. The molecule has 3 fully saturated rings. The maximum Gasteiger partial charge on any atom is 0.241 e. The van der Waals surface area contributed by atoms with Crippen LogP contribution in [-0.4, -0.2) is 60.6 Å². The number of carbonyl (C=O) groups is 1. The molecule has 11 heteroatoms. The van der Waals surface area contributed by atoms with Crippen molar-refractivity contribution in [3.8, 4) is 0 Å². The molecule has 41 heavy (non-hydrogen) atoms. The van der Waals surface area contributed by atoms with Crippen LogP contribution in [0.25, 0.3) is 0 Å². The zero-order chi connectivity index (χ0) is 29.1. The number of aromatic nitrogens is 1. The Hall–Kier alpha value is -2.11. The summed E-state index contributed by atoms with van der Waals surface area (Å²) in [4.78, 5) is 17.6. The number of amides is 1. The highest BCUT2D eigenvalue weighted by molar-refractivity contribution is 7.89. The molecular weight excluding hydrogens is 565 g/mol. The third-order valence-electron chi connectivity index (χ3n) is 9.27. The van der Waals surface area contributed by atoms with E-state index in [0.29, 0.717) is 42.4 Å². The zero-order valence-electron chi connectivity index (χ0n) is 23.6. The lowest BCUT2D eigenvalue weighted by Crippen LogP contribution is -2.57. The Morgan fingerprint density at radius 1 is 1.20 bits per heavy atom. The standard InChI is InChI=1S/C30H41ClFN5O3S/c1-19-4-6-20(7-5-19)28(21-8-10-22(31)11-9-21)29(33)30(38)36-27-17-34-16-26(32)25(27)13-12-24-15-35-23-3-2-14-41(39,40)37(24)18-23/h8-11,16-17,19-20,23-24,28-29,35H,2-7,12-15,18,33H2,1H3,(H,36,38)/t19-,20-,23-,24+,28-,29+/m1/s1. The van der Waals surface area contributed by atoms with E-state index in [4.69, 9.17) is 17.3 Å². The van der Waals surface area contributed by atoms with Crippen molar-refractivity contribution in [1.29, 1.82) is 0 Å². The number of hydrogen-bond acceptors (Lipinski definition) is 6. The van der Waals surface area contributed by atoms with Crippen LogP contribution in [0.15, 0.2) is 36.7 Å². The van der Waals surface area contributed by atoms with Gasteiger partial charge < -0.3 is 16.4 Å². The highest BCUT2D eigenvalue weighted by atomic mass is 35.5. The van der Waals surface area contributed by atoms with E-state index in [0.717, 1.165) is 43.9 Å². The summed E-state index contributed by atoms with van der Waals surface area (Å²) in [5.41, 5.74) is 8.24. The molecule has 1 aliphatic carbocycles. The number of carbonyl (C=O) groups excluding carboxylic acids is 1. The summed E-state index contributed by atoms with van der Waals surface area (Å²) >= 11 is 6.15. The molecule has 0 radical (unpaired) electrons. The Morgan fingerprint density at radius 2 is 1.93 bits per heavy atom. The smallest absolute Gasteiger partial charge is 0.241 e. The highest BCUT2D eigenvalue weighted by Crippen LogP contribution is 2.40. The van der Waals surface area contributed by atoms with Crippen LogP contribution >= 0.6 is 11.6 Å². The summed E-state index contributed by atoms with van der Waals surface area (Å²) in [6.07, 6.45) is 8.85. The van der Waals surface area contributed by atoms with Crippen LogP contribution in [-0.2, 0) is 21.2 Å². The van der Waals surface area contributed by atoms with Crippen molar-refractivity contribution in [1.82, 2.24) is 14.6 Å². The van der Waals surface area contributed by atoms with E-state index in [2.05, 4.69) is 22.5 Å². The maximum absolute atomic E-state index is 15.1. The number of pyridine rings is 1. The number of hydrogen-bond donors (Lipinski definition) is 3. The van der Waals surface area contributed by atoms with Gasteiger partial charge in [0.05, 0.1) is 29.9 Å². The van der Waals surface area contributed by atoms with Gasteiger partial charge in [-0.25, -0.2) is 12.8 Å². The van der Waals surface area contributed by atoms with E-state index in [-0.39, 0.29) is 41.8 Å². The molecule has 1 saturated carbocycles. The fraction of sp³-hybridized carbons (Fsp3) is 0.600. The average molecular weight is 606 g/mol. The van der Waals surface area contributed by atoms with E-state index in [1.54, 1.807) is 4.31 Å². The molecule has 4 N–H and O–H groups in total. The first-order valence-corrected chi connectivity index (χ1v) is 16.8. The summed E-state index contributed by atoms with van der Waals surface area (Å²) in [6, 6.07) is 6.53. The van der Waals surface area contributed by atoms with Crippen LogP contribution in [0.5, 0.6) is 0 Å². The second-order valence-corrected chi connectivity index (χ2v) is 14.6. The molecule has 8 nitrogen and oxygen atoms in total. The molecule has 3 aliphatic rings. The summed E-state index contributed by atoms with van der Waals surface area (Å²) in [5, 5.41) is 6.95. The molecule has 0 spiro atoms. The lowest BCUT2D eigenvalue weighted by molar-refractivity contribution is -0.118. The predicted molar refractivity (Wildman–Crippen MR) is 160 cm³/mol. The number of piperazine rings is 1. The second kappa shape index (κ2) is 13.0. The largest absolute Gasteiger partial charge is 0.323 e. The molecule has 2 saturated heterocycles. The molecule has 1 aromatic carbocycles. The minimum Gasteiger partial charge on any atom is -0.323 e. The van der Waals surface area contributed by atoms with Crippen LogP contribution in [0.1, 0.15) is 68.9 Å². The van der Waals surface area contributed by atoms with Crippen molar-refractivity contribution in [2.45, 2.75) is 82.3 Å². The van der Waals surface area contributed by atoms with Crippen molar-refractivity contribution < 1.29 is 17.6 Å². The van der Waals surface area contributed by atoms with Crippen molar-refractivity contribution in [3.05, 3.63) is 58.6 Å². The first-order valence-electron chi connectivity index (χ1n) is 14.8. The Morgan fingerprint density at radius 3 is 2.66 bits per heavy atom. The first-order chi connectivity index (χ1) is 19.6. The van der Waals surface area contributed by atoms with E-state index < -0.39 is 27.8 Å². The lowest BCUT2D eigenvalue weighted by atomic mass is 9.71. The normalized spacial score (nSPS) is 29.2. The summed E-state index contributed by atoms with van der Waals surface area (Å²) in [5.74, 6) is -0.103. The molecule has 1 aromatic heterocycles. The minimum atomic E-state index is -3.36. The number of nitrogens with one attached hydrogen (secondary N) is 2. The predicted octanol–water partition coefficient (Wildman–Crippen LogP) is 4.45. The summed E-state index contributed by atoms with van der Waals surface area (Å²) in [7, 11) is -3.36. The Kier molecular flexibility index (Phi) is 9.65. The van der Waals surface area contributed by atoms with Crippen molar-refractivity contribution >= 4 is 33.2 Å². The maximum atomic E-state index is 15.1. The van der Waals surface area contributed by atoms with Gasteiger partial charge in [-0.3, -0.25) is 9.78 Å². The van der Waals surface area contributed by atoms with E-state index in [9.17, 15) is 13.2 Å². The highest BCUT2D eigenvalue weighted by Gasteiger charge is 2.38. The van der Waals surface area contributed by atoms with Gasteiger partial charge in [0.15, 0.2) is 0 Å². The topological polar surface area (TPSA) is 117 Å². The fourth-order valence-corrected chi connectivity index (χ4v) is 8.79. The molecule has 224 valence electrons. The number of rotatable bonds is 8. The summed E-state index contributed by atoms with van der Waals surface area (Å²) in [6.45, 7) is 3.21. The van der Waals surface area contributed by atoms with Crippen LogP contribution in [0.4, 0.5) is 10.1 Å². The molecule has 2 bridgehead atoms. The minimum absolute atomic E-state index is 0.138. The third-order valence-corrected chi connectivity index (χ3v) is 11.5. The van der Waals surface area contributed by atoms with Crippen LogP contribution < -0.4 is 16.4 Å². The number of sulfonamides is 1. The van der Waals surface area contributed by atoms with Crippen LogP contribution in [0.3, 0.4) is 0 Å². The van der Waals surface area contributed by atoms with Crippen LogP contribution in [0, 0.1) is 17.7 Å². The molecule has 3 heterocycles. The van der Waals surface area contributed by atoms with Crippen molar-refractivity contribution in [2.24, 2.45) is 17.6 Å². The molecule has 1 unspecified atom stereocenters. The number of benzene rings is 1. The molecular formula is C30H41ClFN5O3S. The number of anilines is 1. The van der Waals surface area contributed by atoms with Gasteiger partial charge >= 0.3 is 0 Å². The molecule has 2 aliphatic heterocycles. The van der Waals surface area contributed by atoms with Crippen LogP contribution in [0.2, 0.25) is 5.02 Å². The van der Waals surface area contributed by atoms with Crippen molar-refractivity contribution in [2.75, 3.05) is 24.2 Å².